The molecule has 1 aliphatic heterocycles. The number of nitrogens with two attached hydrogens (primary N) is 1. The summed E-state index contributed by atoms with van der Waals surface area (Å²) < 4.78 is 0. The van der Waals surface area contributed by atoms with Gasteiger partial charge in [0, 0.05) is 26.7 Å². The summed E-state index contributed by atoms with van der Waals surface area (Å²) in [6.07, 6.45) is 0.215. The van der Waals surface area contributed by atoms with Gasteiger partial charge in [0.05, 0.1) is 6.10 Å². The molecule has 0 bridgehead atoms. The predicted molar refractivity (Wildman–Crippen MR) is 72.0 cm³/mol. The van der Waals surface area contributed by atoms with Gasteiger partial charge in [-0.25, -0.2) is 4.98 Å². The molecule has 1 aromatic heterocycles. The summed E-state index contributed by atoms with van der Waals surface area (Å²) in [6.45, 7) is 3.78. The molecule has 0 spiro atoms. The summed E-state index contributed by atoms with van der Waals surface area (Å²) in [7, 11) is 1.91. The van der Waals surface area contributed by atoms with E-state index in [2.05, 4.69) is 4.98 Å². The van der Waals surface area contributed by atoms with E-state index in [0.717, 1.165) is 11.7 Å². The highest BCUT2D eigenvalue weighted by molar-refractivity contribution is 7.18. The number of amides is 1. The number of hydrogen-bond donors (Lipinski definition) is 2. The van der Waals surface area contributed by atoms with Crippen LogP contribution in [0.25, 0.3) is 0 Å². The Morgan fingerprint density at radius 3 is 3.00 bits per heavy atom. The van der Waals surface area contributed by atoms with Gasteiger partial charge in [-0.1, -0.05) is 11.3 Å². The molecule has 0 saturated carbocycles. The lowest BCUT2D eigenvalue weighted by molar-refractivity contribution is 0.0770. The first-order chi connectivity index (χ1) is 8.52. The highest BCUT2D eigenvalue weighted by atomic mass is 32.1. The molecule has 1 amide bonds. The first kappa shape index (κ1) is 13.1. The summed E-state index contributed by atoms with van der Waals surface area (Å²) in [5.41, 5.74) is 5.80. The van der Waals surface area contributed by atoms with Crippen molar-refractivity contribution >= 4 is 28.2 Å². The Balaban J connectivity index is 2.17. The van der Waals surface area contributed by atoms with Gasteiger partial charge in [0.2, 0.25) is 0 Å². The number of nitrogens with zero attached hydrogens (tertiary/aromatic N) is 3. The molecule has 3 N–H and O–H groups in total. The molecule has 2 rings (SSSR count). The van der Waals surface area contributed by atoms with Crippen LogP contribution in [0.2, 0.25) is 0 Å². The Bertz CT molecular complexity index is 448. The number of rotatable bonds is 3. The Morgan fingerprint density at radius 2 is 2.44 bits per heavy atom. The van der Waals surface area contributed by atoms with E-state index < -0.39 is 6.10 Å². The monoisotopic (exact) mass is 270 g/mol. The summed E-state index contributed by atoms with van der Waals surface area (Å²) in [5.74, 6) is 0.152. The van der Waals surface area contributed by atoms with Crippen molar-refractivity contribution in [3.05, 3.63) is 4.88 Å². The fourth-order valence-electron chi connectivity index (χ4n) is 1.84. The van der Waals surface area contributed by atoms with Gasteiger partial charge < -0.3 is 20.6 Å². The number of aliphatic hydroxyl groups excluding tert-OH is 1. The molecule has 1 atom stereocenters. The van der Waals surface area contributed by atoms with E-state index in [9.17, 15) is 9.90 Å². The third-order valence-corrected chi connectivity index (χ3v) is 4.26. The quantitative estimate of drug-likeness (QED) is 0.830. The molecule has 0 aliphatic carbocycles. The number of anilines is 2. The van der Waals surface area contributed by atoms with Crippen LogP contribution in [0.5, 0.6) is 0 Å². The fourth-order valence-corrected chi connectivity index (χ4v) is 2.82. The van der Waals surface area contributed by atoms with Crippen LogP contribution in [0.15, 0.2) is 0 Å². The lowest BCUT2D eigenvalue weighted by Gasteiger charge is -2.14. The minimum Gasteiger partial charge on any atom is -0.391 e. The number of likely N-dealkylation sites (tertiary alicyclic amines) is 1. The van der Waals surface area contributed by atoms with Gasteiger partial charge in [-0.05, 0) is 13.3 Å². The zero-order valence-electron chi connectivity index (χ0n) is 10.6. The molecule has 1 aliphatic rings. The number of aliphatic hydroxyl groups is 1. The summed E-state index contributed by atoms with van der Waals surface area (Å²) >= 11 is 1.31. The highest BCUT2D eigenvalue weighted by Crippen LogP contribution is 2.29. The van der Waals surface area contributed by atoms with Gasteiger partial charge in [-0.15, -0.1) is 0 Å². The lowest BCUT2D eigenvalue weighted by atomic mass is 10.3. The van der Waals surface area contributed by atoms with Crippen LogP contribution in [0.1, 0.15) is 23.0 Å². The molecule has 1 unspecified atom stereocenters. The number of aromatic nitrogens is 1. The molecule has 1 aromatic rings. The van der Waals surface area contributed by atoms with Crippen molar-refractivity contribution in [2.75, 3.05) is 37.3 Å². The molecule has 0 radical (unpaired) electrons. The van der Waals surface area contributed by atoms with Crippen LogP contribution in [0.4, 0.5) is 10.9 Å². The molecule has 1 saturated heterocycles. The fraction of sp³-hybridized carbons (Fsp3) is 0.636. The number of nitrogen functional groups attached to an aromatic ring is 1. The molecule has 0 aromatic carbocycles. The summed E-state index contributed by atoms with van der Waals surface area (Å²) in [4.78, 5) is 20.5. The van der Waals surface area contributed by atoms with E-state index in [1.54, 1.807) is 4.90 Å². The Kier molecular flexibility index (Phi) is 3.72. The zero-order valence-corrected chi connectivity index (χ0v) is 11.4. The predicted octanol–water partition coefficient (Wildman–Crippen LogP) is 0.388. The van der Waals surface area contributed by atoms with Crippen LogP contribution in [-0.2, 0) is 0 Å². The van der Waals surface area contributed by atoms with Crippen LogP contribution >= 0.6 is 11.3 Å². The Morgan fingerprint density at radius 1 is 1.72 bits per heavy atom. The van der Waals surface area contributed by atoms with Crippen molar-refractivity contribution in [3.63, 3.8) is 0 Å². The van der Waals surface area contributed by atoms with E-state index in [4.69, 9.17) is 5.73 Å². The van der Waals surface area contributed by atoms with E-state index in [0.29, 0.717) is 24.4 Å². The summed E-state index contributed by atoms with van der Waals surface area (Å²) in [6, 6.07) is 0. The van der Waals surface area contributed by atoms with E-state index in [1.807, 2.05) is 18.9 Å². The molecule has 7 heteroatoms. The Labute approximate surface area is 110 Å². The molecule has 2 heterocycles. The zero-order chi connectivity index (χ0) is 13.3. The number of carbonyl (C=O) groups is 1. The van der Waals surface area contributed by atoms with E-state index in [1.165, 1.54) is 11.3 Å². The normalized spacial score (nSPS) is 19.3. The lowest BCUT2D eigenvalue weighted by Crippen LogP contribution is -2.29. The largest absolute Gasteiger partial charge is 0.391 e. The van der Waals surface area contributed by atoms with Crippen LogP contribution in [0, 0.1) is 0 Å². The number of β-amino-alcohol motifs (C(OH)–C–C–N with tert-alkyl or cyclic N) is 1. The van der Waals surface area contributed by atoms with Gasteiger partial charge in [-0.2, -0.15) is 0 Å². The maximum Gasteiger partial charge on any atom is 0.267 e. The second kappa shape index (κ2) is 5.11. The van der Waals surface area contributed by atoms with Crippen molar-refractivity contribution in [2.24, 2.45) is 0 Å². The van der Waals surface area contributed by atoms with Gasteiger partial charge in [0.15, 0.2) is 5.13 Å². The second-order valence-electron chi connectivity index (χ2n) is 4.42. The van der Waals surface area contributed by atoms with Crippen molar-refractivity contribution in [1.82, 2.24) is 9.88 Å². The van der Waals surface area contributed by atoms with Gasteiger partial charge >= 0.3 is 0 Å². The van der Waals surface area contributed by atoms with Crippen molar-refractivity contribution in [2.45, 2.75) is 19.4 Å². The topological polar surface area (TPSA) is 82.7 Å². The van der Waals surface area contributed by atoms with Crippen LogP contribution < -0.4 is 10.6 Å². The average Bonchev–Trinajstić information content (AvgIpc) is 2.94. The molecular weight excluding hydrogens is 252 g/mol. The highest BCUT2D eigenvalue weighted by Gasteiger charge is 2.28. The summed E-state index contributed by atoms with van der Waals surface area (Å²) in [5, 5.41) is 10.2. The first-order valence-electron chi connectivity index (χ1n) is 5.97. The second-order valence-corrected chi connectivity index (χ2v) is 5.40. The molecular formula is C11H18N4O2S. The molecule has 1 fully saturated rings. The maximum absolute atomic E-state index is 12.2. The number of hydrogen-bond acceptors (Lipinski definition) is 6. The molecule has 18 heavy (non-hydrogen) atoms. The third-order valence-electron chi connectivity index (χ3n) is 3.09. The van der Waals surface area contributed by atoms with Crippen molar-refractivity contribution in [3.8, 4) is 0 Å². The number of thiazole rings is 1. The van der Waals surface area contributed by atoms with Crippen LogP contribution in [-0.4, -0.2) is 53.7 Å². The van der Waals surface area contributed by atoms with E-state index in [-0.39, 0.29) is 11.7 Å². The minimum atomic E-state index is -0.416. The van der Waals surface area contributed by atoms with Gasteiger partial charge in [0.1, 0.15) is 10.7 Å². The minimum absolute atomic E-state index is 0.127. The standard InChI is InChI=1S/C11H18N4O2S/c1-3-14(2)11-13-9(12)8(18-11)10(17)15-5-4-7(16)6-15/h7,16H,3-6,12H2,1-2H3. The van der Waals surface area contributed by atoms with Crippen LogP contribution in [0.3, 0.4) is 0 Å². The molecule has 6 nitrogen and oxygen atoms in total. The molecule has 100 valence electrons. The van der Waals surface area contributed by atoms with Gasteiger partial charge in [-0.3, -0.25) is 4.79 Å². The van der Waals surface area contributed by atoms with E-state index >= 15 is 0 Å². The number of carbonyl (C=O) groups excluding carboxylic acids is 1. The van der Waals surface area contributed by atoms with Crippen molar-refractivity contribution < 1.29 is 9.90 Å². The maximum atomic E-state index is 12.2. The first-order valence-corrected chi connectivity index (χ1v) is 6.79. The SMILES string of the molecule is CCN(C)c1nc(N)c(C(=O)N2CCC(O)C2)s1. The average molecular weight is 270 g/mol. The van der Waals surface area contributed by atoms with Gasteiger partial charge in [0.25, 0.3) is 5.91 Å². The van der Waals surface area contributed by atoms with Crippen molar-refractivity contribution in [1.29, 1.82) is 0 Å². The smallest absolute Gasteiger partial charge is 0.267 e. The Hall–Kier alpha value is -1.34. The third kappa shape index (κ3) is 2.41.